The van der Waals surface area contributed by atoms with Gasteiger partial charge in [-0.15, -0.1) is 0 Å². The highest BCUT2D eigenvalue weighted by molar-refractivity contribution is 5.90. The van der Waals surface area contributed by atoms with Crippen molar-refractivity contribution in [3.63, 3.8) is 0 Å². The highest BCUT2D eigenvalue weighted by Gasteiger charge is 2.36. The Labute approximate surface area is 147 Å². The first-order chi connectivity index (χ1) is 12.2. The molecule has 0 N–H and O–H groups in total. The van der Waals surface area contributed by atoms with Gasteiger partial charge in [0, 0.05) is 5.92 Å². The Balaban J connectivity index is 1.71. The van der Waals surface area contributed by atoms with Crippen LogP contribution in [0, 0.1) is 5.92 Å². The van der Waals surface area contributed by atoms with Crippen molar-refractivity contribution in [2.75, 3.05) is 0 Å². The predicted molar refractivity (Wildman–Crippen MR) is 94.2 cm³/mol. The summed E-state index contributed by atoms with van der Waals surface area (Å²) in [6.07, 6.45) is 3.46. The number of ether oxygens (including phenoxy) is 2. The largest absolute Gasteiger partial charge is 0.454 e. The predicted octanol–water partition coefficient (Wildman–Crippen LogP) is 4.03. The van der Waals surface area contributed by atoms with E-state index in [-0.39, 0.29) is 5.92 Å². The van der Waals surface area contributed by atoms with Crippen LogP contribution in [0.1, 0.15) is 34.1 Å². The first-order valence-corrected chi connectivity index (χ1v) is 8.39. The topological polar surface area (TPSA) is 52.6 Å². The van der Waals surface area contributed by atoms with Gasteiger partial charge < -0.3 is 9.47 Å². The Kier molecular flexibility index (Phi) is 5.29. The maximum absolute atomic E-state index is 12.4. The molecule has 4 nitrogen and oxygen atoms in total. The van der Waals surface area contributed by atoms with Gasteiger partial charge in [0.1, 0.15) is 6.10 Å². The second-order valence-corrected chi connectivity index (χ2v) is 5.93. The molecule has 1 aliphatic carbocycles. The minimum Gasteiger partial charge on any atom is -0.454 e. The van der Waals surface area contributed by atoms with Gasteiger partial charge >= 0.3 is 11.9 Å². The number of esters is 2. The first kappa shape index (κ1) is 17.0. The van der Waals surface area contributed by atoms with E-state index >= 15 is 0 Å². The van der Waals surface area contributed by atoms with Gasteiger partial charge in [0.2, 0.25) is 0 Å². The molecule has 128 valence electrons. The third-order valence-electron chi connectivity index (χ3n) is 4.27. The molecule has 0 aromatic heterocycles. The molecule has 0 aliphatic heterocycles. The number of rotatable bonds is 5. The van der Waals surface area contributed by atoms with Crippen molar-refractivity contribution in [3.8, 4) is 0 Å². The average molecular weight is 336 g/mol. The smallest absolute Gasteiger partial charge is 0.338 e. The Hall–Kier alpha value is -2.88. The van der Waals surface area contributed by atoms with Crippen LogP contribution in [0.2, 0.25) is 0 Å². The lowest BCUT2D eigenvalue weighted by atomic mass is 10.0. The van der Waals surface area contributed by atoms with E-state index in [1.165, 1.54) is 0 Å². The molecule has 1 aliphatic rings. The molecule has 2 aromatic carbocycles. The summed E-state index contributed by atoms with van der Waals surface area (Å²) in [5.74, 6) is -0.803. The molecule has 3 atom stereocenters. The fourth-order valence-corrected chi connectivity index (χ4v) is 2.88. The summed E-state index contributed by atoms with van der Waals surface area (Å²) in [5.41, 5.74) is 0.960. The molecule has 0 fully saturated rings. The maximum atomic E-state index is 12.4. The fraction of sp³-hybridized carbons (Fsp3) is 0.238. The van der Waals surface area contributed by atoms with E-state index in [0.29, 0.717) is 11.1 Å². The number of hydrogen-bond donors (Lipinski definition) is 0. The van der Waals surface area contributed by atoms with Crippen LogP contribution in [-0.2, 0) is 9.47 Å². The number of benzene rings is 2. The van der Waals surface area contributed by atoms with E-state index in [4.69, 9.17) is 9.47 Å². The van der Waals surface area contributed by atoms with Crippen molar-refractivity contribution in [1.82, 2.24) is 0 Å². The highest BCUT2D eigenvalue weighted by Crippen LogP contribution is 2.28. The van der Waals surface area contributed by atoms with Gasteiger partial charge in [-0.1, -0.05) is 49.4 Å². The van der Waals surface area contributed by atoms with E-state index in [1.54, 1.807) is 54.6 Å². The number of hydrogen-bond acceptors (Lipinski definition) is 4. The van der Waals surface area contributed by atoms with Gasteiger partial charge in [-0.05, 0) is 36.8 Å². The lowest BCUT2D eigenvalue weighted by Crippen LogP contribution is -2.35. The summed E-state index contributed by atoms with van der Waals surface area (Å²) in [6.45, 7) is 2.01. The Morgan fingerprint density at radius 1 is 0.800 bits per heavy atom. The van der Waals surface area contributed by atoms with Crippen molar-refractivity contribution in [2.24, 2.45) is 5.92 Å². The molecule has 2 aromatic rings. The molecule has 3 rings (SSSR count). The average Bonchev–Trinajstić information content (AvgIpc) is 3.04. The van der Waals surface area contributed by atoms with Crippen LogP contribution < -0.4 is 0 Å². The van der Waals surface area contributed by atoms with E-state index < -0.39 is 24.1 Å². The van der Waals surface area contributed by atoms with Gasteiger partial charge in [-0.2, -0.15) is 0 Å². The molecule has 0 saturated heterocycles. The summed E-state index contributed by atoms with van der Waals surface area (Å²) in [6, 6.07) is 17.6. The Morgan fingerprint density at radius 2 is 1.32 bits per heavy atom. The van der Waals surface area contributed by atoms with Crippen molar-refractivity contribution < 1.29 is 19.1 Å². The molecule has 0 radical (unpaired) electrons. The third-order valence-corrected chi connectivity index (χ3v) is 4.27. The van der Waals surface area contributed by atoms with E-state index in [9.17, 15) is 9.59 Å². The zero-order valence-electron chi connectivity index (χ0n) is 14.0. The van der Waals surface area contributed by atoms with Crippen LogP contribution in [0.15, 0.2) is 72.8 Å². The lowest BCUT2D eigenvalue weighted by molar-refractivity contribution is -0.0283. The van der Waals surface area contributed by atoms with Gasteiger partial charge in [-0.25, -0.2) is 9.59 Å². The van der Waals surface area contributed by atoms with E-state index in [1.807, 2.05) is 25.1 Å². The Morgan fingerprint density at radius 3 is 1.84 bits per heavy atom. The van der Waals surface area contributed by atoms with Gasteiger partial charge in [0.15, 0.2) is 6.10 Å². The monoisotopic (exact) mass is 336 g/mol. The lowest BCUT2D eigenvalue weighted by Gasteiger charge is -2.24. The minimum absolute atomic E-state index is 0.0289. The van der Waals surface area contributed by atoms with Crippen LogP contribution in [0.3, 0.4) is 0 Å². The van der Waals surface area contributed by atoms with Crippen molar-refractivity contribution >= 4 is 11.9 Å². The molecule has 3 unspecified atom stereocenters. The van der Waals surface area contributed by atoms with Gasteiger partial charge in [0.05, 0.1) is 11.1 Å². The SMILES string of the molecule is CCC1C=CC(OC(=O)c2ccccc2)C1OC(=O)c1ccccc1. The Bertz CT molecular complexity index is 752. The minimum atomic E-state index is -0.578. The van der Waals surface area contributed by atoms with Crippen molar-refractivity contribution in [3.05, 3.63) is 83.9 Å². The molecular formula is C21H20O4. The zero-order chi connectivity index (χ0) is 17.6. The molecule has 0 bridgehead atoms. The fourth-order valence-electron chi connectivity index (χ4n) is 2.88. The summed E-state index contributed by atoms with van der Waals surface area (Å²) < 4.78 is 11.2. The number of carbonyl (C=O) groups is 2. The molecule has 0 amide bonds. The van der Waals surface area contributed by atoms with E-state index in [2.05, 4.69) is 0 Å². The molecule has 0 spiro atoms. The normalized spacial score (nSPS) is 21.7. The highest BCUT2D eigenvalue weighted by atomic mass is 16.6. The molecule has 25 heavy (non-hydrogen) atoms. The van der Waals surface area contributed by atoms with Crippen LogP contribution in [-0.4, -0.2) is 24.1 Å². The maximum Gasteiger partial charge on any atom is 0.338 e. The van der Waals surface area contributed by atoms with Crippen LogP contribution >= 0.6 is 0 Å². The standard InChI is InChI=1S/C21H20O4/c1-2-15-13-14-18(24-20(22)16-9-5-3-6-10-16)19(15)25-21(23)17-11-7-4-8-12-17/h3-15,18-19H,2H2,1H3. The van der Waals surface area contributed by atoms with Crippen LogP contribution in [0.5, 0.6) is 0 Å². The second-order valence-electron chi connectivity index (χ2n) is 5.93. The molecular weight excluding hydrogens is 316 g/mol. The molecule has 0 heterocycles. The second kappa shape index (κ2) is 7.79. The molecule has 4 heteroatoms. The quantitative estimate of drug-likeness (QED) is 0.611. The van der Waals surface area contributed by atoms with Crippen LogP contribution in [0.4, 0.5) is 0 Å². The zero-order valence-corrected chi connectivity index (χ0v) is 14.0. The van der Waals surface area contributed by atoms with Crippen molar-refractivity contribution in [2.45, 2.75) is 25.6 Å². The van der Waals surface area contributed by atoms with Gasteiger partial charge in [-0.3, -0.25) is 0 Å². The summed E-state index contributed by atoms with van der Waals surface area (Å²) in [5, 5.41) is 0. The van der Waals surface area contributed by atoms with Gasteiger partial charge in [0.25, 0.3) is 0 Å². The summed E-state index contributed by atoms with van der Waals surface area (Å²) in [4.78, 5) is 24.7. The number of carbonyl (C=O) groups excluding carboxylic acids is 2. The third kappa shape index (κ3) is 3.97. The van der Waals surface area contributed by atoms with E-state index in [0.717, 1.165) is 6.42 Å². The first-order valence-electron chi connectivity index (χ1n) is 8.39. The van der Waals surface area contributed by atoms with Crippen molar-refractivity contribution in [1.29, 1.82) is 0 Å². The summed E-state index contributed by atoms with van der Waals surface area (Å²) >= 11 is 0. The molecule has 0 saturated carbocycles. The van der Waals surface area contributed by atoms with Crippen LogP contribution in [0.25, 0.3) is 0 Å². The summed E-state index contributed by atoms with van der Waals surface area (Å²) in [7, 11) is 0.